The van der Waals surface area contributed by atoms with Gasteiger partial charge in [0.15, 0.2) is 5.78 Å². The van der Waals surface area contributed by atoms with Gasteiger partial charge in [0.1, 0.15) is 0 Å². The van der Waals surface area contributed by atoms with Gasteiger partial charge in [-0.2, -0.15) is 10.2 Å². The molecule has 0 saturated carbocycles. The van der Waals surface area contributed by atoms with Crippen LogP contribution in [0.4, 0.5) is 5.69 Å². The minimum atomic E-state index is -1.33. The average molecular weight is 303 g/mol. The van der Waals surface area contributed by atoms with Crippen molar-refractivity contribution in [2.45, 2.75) is 13.0 Å². The number of Topliss-reactive ketones (excluding diaryl/α,β-unsaturated/α-hetero) is 1. The second kappa shape index (κ2) is 7.86. The molecule has 0 heterocycles. The zero-order valence-electron chi connectivity index (χ0n) is 10.2. The van der Waals surface area contributed by atoms with E-state index in [2.05, 4.69) is 10.2 Å². The van der Waals surface area contributed by atoms with Crippen LogP contribution in [-0.4, -0.2) is 30.3 Å². The van der Waals surface area contributed by atoms with Gasteiger partial charge in [0.25, 0.3) is 0 Å². The highest BCUT2D eigenvalue weighted by molar-refractivity contribution is 6.30. The summed E-state index contributed by atoms with van der Waals surface area (Å²) in [5.41, 5.74) is 0.473. The second-order valence-corrected chi connectivity index (χ2v) is 4.15. The molecular weight excluding hydrogens is 291 g/mol. The summed E-state index contributed by atoms with van der Waals surface area (Å²) < 4.78 is 4.74. The summed E-state index contributed by atoms with van der Waals surface area (Å²) in [7, 11) is 0. The molecule has 1 unspecified atom stereocenters. The van der Waals surface area contributed by atoms with Crippen molar-refractivity contribution in [1.82, 2.24) is 0 Å². The molecule has 0 spiro atoms. The minimum absolute atomic E-state index is 0.154. The van der Waals surface area contributed by atoms with Crippen LogP contribution in [0.5, 0.6) is 0 Å². The van der Waals surface area contributed by atoms with Crippen LogP contribution in [0.2, 0.25) is 5.02 Å². The zero-order chi connectivity index (χ0) is 14.3. The highest BCUT2D eigenvalue weighted by atomic mass is 35.5. The highest BCUT2D eigenvalue weighted by Gasteiger charge is 2.26. The summed E-state index contributed by atoms with van der Waals surface area (Å²) in [5, 5.41) is 8.05. The molecule has 102 valence electrons. The molecule has 19 heavy (non-hydrogen) atoms. The Balaban J connectivity index is 2.84. The smallest absolute Gasteiger partial charge is 0.340 e. The molecule has 0 saturated heterocycles. The Hall–Kier alpha value is -1.46. The Morgan fingerprint density at radius 2 is 1.95 bits per heavy atom. The number of rotatable bonds is 6. The second-order valence-electron chi connectivity index (χ2n) is 3.45. The monoisotopic (exact) mass is 302 g/mol. The number of ether oxygens (including phenoxy) is 1. The highest BCUT2D eigenvalue weighted by Crippen LogP contribution is 2.17. The number of carbonyl (C=O) groups excluding carboxylic acids is 2. The van der Waals surface area contributed by atoms with Gasteiger partial charge in [-0.3, -0.25) is 4.79 Å². The molecule has 5 nitrogen and oxygen atoms in total. The van der Waals surface area contributed by atoms with E-state index in [9.17, 15) is 9.59 Å². The van der Waals surface area contributed by atoms with Gasteiger partial charge in [-0.25, -0.2) is 4.79 Å². The molecule has 0 radical (unpaired) electrons. The maximum absolute atomic E-state index is 11.5. The molecule has 0 aliphatic heterocycles. The zero-order valence-corrected chi connectivity index (χ0v) is 11.7. The first-order valence-electron chi connectivity index (χ1n) is 5.50. The summed E-state index contributed by atoms with van der Waals surface area (Å²) in [5.74, 6) is -1.65. The number of carbonyl (C=O) groups is 2. The van der Waals surface area contributed by atoms with Crippen LogP contribution in [0.25, 0.3) is 0 Å². The number of alkyl halides is 1. The third-order valence-electron chi connectivity index (χ3n) is 2.06. The molecule has 0 aliphatic rings. The molecule has 1 rings (SSSR count). The summed E-state index contributed by atoms with van der Waals surface area (Å²) >= 11 is 11.1. The lowest BCUT2D eigenvalue weighted by Crippen LogP contribution is -2.30. The lowest BCUT2D eigenvalue weighted by molar-refractivity contribution is -0.147. The van der Waals surface area contributed by atoms with Crippen LogP contribution in [0.3, 0.4) is 0 Å². The van der Waals surface area contributed by atoms with Gasteiger partial charge in [-0.15, -0.1) is 11.6 Å². The molecule has 0 aliphatic carbocycles. The Morgan fingerprint density at radius 3 is 2.47 bits per heavy atom. The van der Waals surface area contributed by atoms with Gasteiger partial charge in [-0.05, 0) is 31.2 Å². The summed E-state index contributed by atoms with van der Waals surface area (Å²) in [6.45, 7) is 1.79. The summed E-state index contributed by atoms with van der Waals surface area (Å²) in [4.78, 5) is 23.0. The van der Waals surface area contributed by atoms with E-state index in [0.717, 1.165) is 0 Å². The summed E-state index contributed by atoms with van der Waals surface area (Å²) in [6, 6.07) is 5.14. The van der Waals surface area contributed by atoms with Crippen LogP contribution in [0.1, 0.15) is 6.92 Å². The Labute approximate surface area is 120 Å². The molecule has 1 aromatic rings. The molecule has 0 fully saturated rings. The first-order valence-corrected chi connectivity index (χ1v) is 6.41. The van der Waals surface area contributed by atoms with E-state index in [-0.39, 0.29) is 12.5 Å². The van der Waals surface area contributed by atoms with Crippen molar-refractivity contribution < 1.29 is 14.3 Å². The maximum atomic E-state index is 11.5. The summed E-state index contributed by atoms with van der Waals surface area (Å²) in [6.07, 6.45) is 0. The van der Waals surface area contributed by atoms with Gasteiger partial charge < -0.3 is 4.74 Å². The van der Waals surface area contributed by atoms with Crippen LogP contribution in [0, 0.1) is 0 Å². The van der Waals surface area contributed by atoms with Crippen molar-refractivity contribution in [3.8, 4) is 0 Å². The molecule has 0 amide bonds. The van der Waals surface area contributed by atoms with E-state index in [4.69, 9.17) is 27.9 Å². The first-order chi connectivity index (χ1) is 9.08. The number of esters is 1. The number of nitrogens with zero attached hydrogens (tertiary/aromatic N) is 2. The molecule has 7 heteroatoms. The third kappa shape index (κ3) is 4.96. The maximum Gasteiger partial charge on any atom is 0.340 e. The van der Waals surface area contributed by atoms with Crippen LogP contribution in [-0.2, 0) is 14.3 Å². The number of azo groups is 1. The van der Waals surface area contributed by atoms with Crippen molar-refractivity contribution in [3.05, 3.63) is 29.3 Å². The largest absolute Gasteiger partial charge is 0.464 e. The molecular formula is C12H12Cl2N2O3. The van der Waals surface area contributed by atoms with E-state index >= 15 is 0 Å². The Morgan fingerprint density at radius 1 is 1.32 bits per heavy atom. The van der Waals surface area contributed by atoms with E-state index in [1.807, 2.05) is 0 Å². The standard InChI is InChI=1S/C12H12Cl2N2O3/c1-2-19-12(18)11(10(17)7-13)16-15-9-5-3-8(14)4-6-9/h3-6,11H,2,7H2,1H3. The van der Waals surface area contributed by atoms with Gasteiger partial charge in [0.2, 0.25) is 6.04 Å². The molecule has 1 atom stereocenters. The van der Waals surface area contributed by atoms with E-state index in [0.29, 0.717) is 10.7 Å². The first kappa shape index (κ1) is 15.6. The number of benzene rings is 1. The fraction of sp³-hybridized carbons (Fsp3) is 0.333. The normalized spacial score (nSPS) is 12.4. The Kier molecular flexibility index (Phi) is 6.45. The predicted octanol–water partition coefficient (Wildman–Crippen LogP) is 3.16. The van der Waals surface area contributed by atoms with Gasteiger partial charge in [0, 0.05) is 5.02 Å². The predicted molar refractivity (Wildman–Crippen MR) is 72.1 cm³/mol. The van der Waals surface area contributed by atoms with Gasteiger partial charge in [-0.1, -0.05) is 11.6 Å². The van der Waals surface area contributed by atoms with Gasteiger partial charge >= 0.3 is 5.97 Å². The van der Waals surface area contributed by atoms with Crippen LogP contribution in [0.15, 0.2) is 34.5 Å². The van der Waals surface area contributed by atoms with Gasteiger partial charge in [0.05, 0.1) is 18.2 Å². The lowest BCUT2D eigenvalue weighted by atomic mass is 10.2. The van der Waals surface area contributed by atoms with Crippen molar-refractivity contribution in [1.29, 1.82) is 0 Å². The fourth-order valence-electron chi connectivity index (χ4n) is 1.17. The topological polar surface area (TPSA) is 68.1 Å². The number of ketones is 1. The van der Waals surface area contributed by atoms with Crippen molar-refractivity contribution in [3.63, 3.8) is 0 Å². The molecule has 1 aromatic carbocycles. The Bertz CT molecular complexity index is 474. The fourth-order valence-corrected chi connectivity index (χ4v) is 1.44. The average Bonchev–Trinajstić information content (AvgIpc) is 2.41. The van der Waals surface area contributed by atoms with Crippen molar-refractivity contribution in [2.75, 3.05) is 12.5 Å². The van der Waals surface area contributed by atoms with Crippen molar-refractivity contribution in [2.24, 2.45) is 10.2 Å². The number of hydrogen-bond acceptors (Lipinski definition) is 5. The lowest BCUT2D eigenvalue weighted by Gasteiger charge is -2.07. The van der Waals surface area contributed by atoms with E-state index < -0.39 is 17.8 Å². The van der Waals surface area contributed by atoms with Crippen molar-refractivity contribution >= 4 is 40.6 Å². The number of hydrogen-bond donors (Lipinski definition) is 0. The molecule has 0 bridgehead atoms. The molecule has 0 aromatic heterocycles. The quantitative estimate of drug-likeness (QED) is 0.351. The SMILES string of the molecule is CCOC(=O)C(N=Nc1ccc(Cl)cc1)C(=O)CCl. The minimum Gasteiger partial charge on any atom is -0.464 e. The van der Waals surface area contributed by atoms with E-state index in [1.165, 1.54) is 0 Å². The third-order valence-corrected chi connectivity index (χ3v) is 2.58. The van der Waals surface area contributed by atoms with Crippen LogP contribution >= 0.6 is 23.2 Å². The van der Waals surface area contributed by atoms with E-state index in [1.54, 1.807) is 31.2 Å². The molecule has 0 N–H and O–H groups in total. The van der Waals surface area contributed by atoms with Crippen LogP contribution < -0.4 is 0 Å². The number of halogens is 2.